The molecular weight excluding hydrogens is 574 g/mol. The number of carbonyl (C=O) groups excluding carboxylic acids is 3. The van der Waals surface area contributed by atoms with Crippen LogP contribution in [0.5, 0.6) is 5.75 Å². The van der Waals surface area contributed by atoms with E-state index in [-0.39, 0.29) is 36.2 Å². The number of rotatable bonds is 6. The van der Waals surface area contributed by atoms with Crippen LogP contribution < -0.4 is 10.7 Å². The lowest BCUT2D eigenvalue weighted by Crippen LogP contribution is -2.52. The molecule has 1 spiro atoms. The summed E-state index contributed by atoms with van der Waals surface area (Å²) in [4.78, 5) is 61.2. The van der Waals surface area contributed by atoms with Crippen LogP contribution in [0.2, 0.25) is 0 Å². The Labute approximate surface area is 251 Å². The van der Waals surface area contributed by atoms with E-state index in [9.17, 15) is 33.1 Å². The Kier molecular flexibility index (Phi) is 7.48. The smallest absolute Gasteiger partial charge is 0.274 e. The number of nitrogens with zero attached hydrogens (tertiary/aromatic N) is 3. The molecule has 3 atom stereocenters. The summed E-state index contributed by atoms with van der Waals surface area (Å²) in [5.74, 6) is -4.42. The second-order valence-corrected chi connectivity index (χ2v) is 11.8. The molecule has 0 aliphatic carbocycles. The van der Waals surface area contributed by atoms with Crippen molar-refractivity contribution in [1.29, 1.82) is 0 Å². The van der Waals surface area contributed by atoms with Crippen molar-refractivity contribution in [1.82, 2.24) is 19.8 Å². The first kappa shape index (κ1) is 29.5. The van der Waals surface area contributed by atoms with E-state index in [0.29, 0.717) is 31.4 Å². The quantitative estimate of drug-likeness (QED) is 0.444. The molecule has 3 aliphatic rings. The lowest BCUT2D eigenvalue weighted by Gasteiger charge is -2.42. The van der Waals surface area contributed by atoms with Crippen molar-refractivity contribution in [3.8, 4) is 5.75 Å². The van der Waals surface area contributed by atoms with E-state index in [1.807, 2.05) is 37.3 Å². The van der Waals surface area contributed by atoms with E-state index in [4.69, 9.17) is 4.84 Å². The van der Waals surface area contributed by atoms with Crippen LogP contribution in [0.3, 0.4) is 0 Å². The van der Waals surface area contributed by atoms with Gasteiger partial charge in [-0.2, -0.15) is 0 Å². The molecule has 44 heavy (non-hydrogen) atoms. The van der Waals surface area contributed by atoms with Gasteiger partial charge in [-0.25, -0.2) is 13.8 Å². The topological polar surface area (TPSA) is 121 Å². The number of pyridine rings is 1. The minimum absolute atomic E-state index is 0.00103. The van der Waals surface area contributed by atoms with Gasteiger partial charge in [0.2, 0.25) is 11.3 Å². The Balaban J connectivity index is 1.34. The molecule has 2 aromatic carbocycles. The largest absolute Gasteiger partial charge is 0.503 e. The van der Waals surface area contributed by atoms with Gasteiger partial charge in [-0.3, -0.25) is 24.0 Å². The van der Waals surface area contributed by atoms with Crippen LogP contribution in [-0.4, -0.2) is 62.1 Å². The van der Waals surface area contributed by atoms with Crippen molar-refractivity contribution < 1.29 is 33.1 Å². The molecule has 0 radical (unpaired) electrons. The van der Waals surface area contributed by atoms with Crippen LogP contribution in [0.1, 0.15) is 69.8 Å². The fourth-order valence-corrected chi connectivity index (χ4v) is 6.48. The zero-order chi connectivity index (χ0) is 31.3. The van der Waals surface area contributed by atoms with Crippen LogP contribution in [-0.2, 0) is 22.6 Å². The molecule has 4 heterocycles. The summed E-state index contributed by atoms with van der Waals surface area (Å²) in [6.07, 6.45) is 2.64. The second kappa shape index (κ2) is 11.2. The number of fused-ring (bicyclic) bond motifs is 5. The highest BCUT2D eigenvalue weighted by Crippen LogP contribution is 2.47. The third-order valence-corrected chi connectivity index (χ3v) is 8.93. The summed E-state index contributed by atoms with van der Waals surface area (Å²) in [5.41, 5.74) is -2.02. The van der Waals surface area contributed by atoms with E-state index in [1.54, 1.807) is 4.90 Å². The van der Waals surface area contributed by atoms with Gasteiger partial charge in [0.05, 0.1) is 19.0 Å². The molecule has 6 rings (SSSR count). The average Bonchev–Trinajstić information content (AvgIpc) is 3.25. The van der Waals surface area contributed by atoms with Crippen LogP contribution in [0.4, 0.5) is 8.78 Å². The molecular formula is C32H32F2N4O6. The molecule has 12 heteroatoms. The molecule has 2 fully saturated rings. The van der Waals surface area contributed by atoms with E-state index < -0.39 is 58.4 Å². The first-order chi connectivity index (χ1) is 21.0. The summed E-state index contributed by atoms with van der Waals surface area (Å²) < 4.78 is 30.1. The molecule has 3 amide bonds. The van der Waals surface area contributed by atoms with E-state index in [2.05, 4.69) is 5.32 Å². The Bertz CT molecular complexity index is 1700. The Hall–Kier alpha value is -4.58. The predicted molar refractivity (Wildman–Crippen MR) is 154 cm³/mol. The van der Waals surface area contributed by atoms with E-state index >= 15 is 0 Å². The number of nitrogens with one attached hydrogen (secondary N) is 1. The lowest BCUT2D eigenvalue weighted by molar-refractivity contribution is -0.213. The average molecular weight is 607 g/mol. The number of carbonyl (C=O) groups is 3. The zero-order valence-electron chi connectivity index (χ0n) is 24.3. The molecule has 3 aliphatic heterocycles. The van der Waals surface area contributed by atoms with Crippen LogP contribution in [0.15, 0.2) is 53.5 Å². The molecule has 0 saturated carbocycles. The Morgan fingerprint density at radius 1 is 1.14 bits per heavy atom. The highest BCUT2D eigenvalue weighted by molar-refractivity contribution is 5.99. The first-order valence-electron chi connectivity index (χ1n) is 14.5. The highest BCUT2D eigenvalue weighted by Gasteiger charge is 2.56. The summed E-state index contributed by atoms with van der Waals surface area (Å²) in [7, 11) is 0. The zero-order valence-corrected chi connectivity index (χ0v) is 24.3. The number of hydrogen-bond acceptors (Lipinski definition) is 6. The van der Waals surface area contributed by atoms with E-state index in [1.165, 1.54) is 22.8 Å². The summed E-state index contributed by atoms with van der Waals surface area (Å²) in [6.45, 7) is 3.25. The normalized spacial score (nSPS) is 22.7. The maximum absolute atomic E-state index is 14.4. The first-order valence-corrected chi connectivity index (χ1v) is 14.5. The lowest BCUT2D eigenvalue weighted by atomic mass is 9.85. The van der Waals surface area contributed by atoms with Gasteiger partial charge >= 0.3 is 0 Å². The maximum atomic E-state index is 14.4. The maximum Gasteiger partial charge on any atom is 0.274 e. The predicted octanol–water partition coefficient (Wildman–Crippen LogP) is 3.40. The van der Waals surface area contributed by atoms with Gasteiger partial charge < -0.3 is 19.9 Å². The fraction of sp³-hybridized carbons (Fsp3) is 0.375. The van der Waals surface area contributed by atoms with Crippen molar-refractivity contribution in [2.45, 2.75) is 63.8 Å². The molecule has 1 aromatic heterocycles. The molecule has 0 unspecified atom stereocenters. The minimum Gasteiger partial charge on any atom is -0.503 e. The number of amides is 3. The molecule has 2 N–H and O–H groups in total. The number of aryl methyl sites for hydroxylation is 1. The molecule has 2 saturated heterocycles. The molecule has 230 valence electrons. The van der Waals surface area contributed by atoms with Crippen molar-refractivity contribution in [3.63, 3.8) is 0 Å². The van der Waals surface area contributed by atoms with Gasteiger partial charge in [-0.15, -0.1) is 0 Å². The third kappa shape index (κ3) is 5.02. The molecule has 2 bridgehead atoms. The Morgan fingerprint density at radius 3 is 2.55 bits per heavy atom. The van der Waals surface area contributed by atoms with Crippen molar-refractivity contribution in [3.05, 3.63) is 98.5 Å². The summed E-state index contributed by atoms with van der Waals surface area (Å²) >= 11 is 0. The summed E-state index contributed by atoms with van der Waals surface area (Å²) in [6, 6.07) is 10.9. The number of hydrogen-bond donors (Lipinski definition) is 2. The van der Waals surface area contributed by atoms with Crippen LogP contribution in [0.25, 0.3) is 0 Å². The van der Waals surface area contributed by atoms with Crippen molar-refractivity contribution in [2.75, 3.05) is 13.1 Å². The monoisotopic (exact) mass is 606 g/mol. The Morgan fingerprint density at radius 2 is 1.84 bits per heavy atom. The minimum atomic E-state index is -1.12. The van der Waals surface area contributed by atoms with Gasteiger partial charge in [0, 0.05) is 30.9 Å². The van der Waals surface area contributed by atoms with Gasteiger partial charge in [-0.05, 0) is 56.4 Å². The van der Waals surface area contributed by atoms with Gasteiger partial charge in [0.25, 0.3) is 11.8 Å². The SMILES string of the molecule is Cc1cc(F)c(CNC(=O)c2cn3c(c(O)c2=O)C(=O)N2C[C@@H]3[C@]3(CC[C@@H]2C)CC(=O)N(CCc2ccccc2)O3)c(F)c1. The van der Waals surface area contributed by atoms with Crippen LogP contribution in [0, 0.1) is 18.6 Å². The number of aromatic nitrogens is 1. The molecule has 10 nitrogen and oxygen atoms in total. The number of benzene rings is 2. The molecule has 3 aromatic rings. The number of aromatic hydroxyl groups is 1. The van der Waals surface area contributed by atoms with E-state index in [0.717, 1.165) is 17.7 Å². The van der Waals surface area contributed by atoms with Gasteiger partial charge in [0.1, 0.15) is 22.8 Å². The second-order valence-electron chi connectivity index (χ2n) is 11.8. The van der Waals surface area contributed by atoms with Crippen molar-refractivity contribution >= 4 is 17.7 Å². The van der Waals surface area contributed by atoms with Gasteiger partial charge in [0.15, 0.2) is 11.4 Å². The summed E-state index contributed by atoms with van der Waals surface area (Å²) in [5, 5.41) is 14.7. The fourth-order valence-electron chi connectivity index (χ4n) is 6.48. The van der Waals surface area contributed by atoms with Crippen LogP contribution >= 0.6 is 0 Å². The number of halogens is 2. The van der Waals surface area contributed by atoms with Crippen molar-refractivity contribution in [2.24, 2.45) is 0 Å². The third-order valence-electron chi connectivity index (χ3n) is 8.93. The standard InChI is InChI=1S/C32H32F2N4O6/c1-18-12-23(33)21(24(34)13-18)15-35-30(42)22-16-37-25-17-36(31(43)27(37)29(41)28(22)40)19(2)8-10-32(25)14-26(39)38(44-32)11-9-20-6-4-3-5-7-20/h3-7,12-13,16,19,25,41H,8-11,14-15,17H2,1-2H3,(H,35,42)/t19-,25+,32-/m0/s1. The number of hydroxylamine groups is 2. The van der Waals surface area contributed by atoms with Gasteiger partial charge in [-0.1, -0.05) is 30.3 Å². The highest BCUT2D eigenvalue weighted by atomic mass is 19.1.